The lowest BCUT2D eigenvalue weighted by Crippen LogP contribution is -1.60. The van der Waals surface area contributed by atoms with Gasteiger partial charge in [-0.05, 0) is 12.1 Å². The quantitative estimate of drug-likeness (QED) is 0.499. The van der Waals surface area contributed by atoms with Gasteiger partial charge in [0.1, 0.15) is 0 Å². The van der Waals surface area contributed by atoms with Crippen LogP contribution >= 0.6 is 25.6 Å². The highest BCUT2D eigenvalue weighted by Gasteiger charge is 1.58. The second-order valence-electron chi connectivity index (χ2n) is 1.12. The van der Waals surface area contributed by atoms with Crippen LogP contribution in [0.1, 0.15) is 0 Å². The molecular formula is C5H8N2S2. The van der Waals surface area contributed by atoms with Gasteiger partial charge < -0.3 is 0 Å². The lowest BCUT2D eigenvalue weighted by atomic mass is 10.5. The first-order valence-corrected chi connectivity index (χ1v) is 3.19. The van der Waals surface area contributed by atoms with E-state index in [0.29, 0.717) is 0 Å². The number of nitrogens with zero attached hydrogens (tertiary/aromatic N) is 1. The summed E-state index contributed by atoms with van der Waals surface area (Å²) in [6, 6.07) is 5.72. The van der Waals surface area contributed by atoms with E-state index >= 15 is 0 Å². The Labute approximate surface area is 65.8 Å². The lowest BCUT2D eigenvalue weighted by Gasteiger charge is -1.70. The van der Waals surface area contributed by atoms with Crippen LogP contribution < -0.4 is 4.13 Å². The fourth-order valence-electron chi connectivity index (χ4n) is 0.313. The smallest absolute Gasteiger partial charge is 0.0267 e. The summed E-state index contributed by atoms with van der Waals surface area (Å²) in [5, 5.41) is 0. The van der Waals surface area contributed by atoms with Crippen molar-refractivity contribution in [1.29, 1.82) is 0 Å². The van der Waals surface area contributed by atoms with Gasteiger partial charge in [0, 0.05) is 12.4 Å². The van der Waals surface area contributed by atoms with E-state index in [9.17, 15) is 0 Å². The minimum absolute atomic E-state index is 1.75. The summed E-state index contributed by atoms with van der Waals surface area (Å²) in [4.78, 5) is 3.78. The van der Waals surface area contributed by atoms with Crippen LogP contribution in [0.2, 0.25) is 0 Å². The average Bonchev–Trinajstić information content (AvgIpc) is 1.93. The topological polar surface area (TPSA) is 24.9 Å². The molecule has 0 spiro atoms. The third-order valence-corrected chi connectivity index (χ3v) is 0.566. The van der Waals surface area contributed by atoms with Crippen LogP contribution in [0.5, 0.6) is 0 Å². The fraction of sp³-hybridized carbons (Fsp3) is 0. The molecule has 50 valence electrons. The van der Waals surface area contributed by atoms with Crippen LogP contribution in [0.3, 0.4) is 0 Å². The highest BCUT2D eigenvalue weighted by atomic mass is 32.2. The molecule has 0 aromatic carbocycles. The van der Waals surface area contributed by atoms with E-state index in [2.05, 4.69) is 34.7 Å². The van der Waals surface area contributed by atoms with Gasteiger partial charge in [0.05, 0.1) is 0 Å². The van der Waals surface area contributed by atoms with Crippen LogP contribution in [0.4, 0.5) is 0 Å². The molecule has 1 rings (SSSR count). The number of nitrogens with one attached hydrogen (secondary N) is 1. The predicted octanol–water partition coefficient (Wildman–Crippen LogP) is 1.35. The summed E-state index contributed by atoms with van der Waals surface area (Å²) in [6.07, 6.45) is 3.50. The lowest BCUT2D eigenvalue weighted by molar-refractivity contribution is 1.33. The minimum atomic E-state index is 1.75. The Morgan fingerprint density at radius 3 is 1.56 bits per heavy atom. The van der Waals surface area contributed by atoms with Gasteiger partial charge in [-0.15, -0.1) is 0 Å². The van der Waals surface area contributed by atoms with E-state index in [1.165, 1.54) is 0 Å². The molecule has 0 bridgehead atoms. The van der Waals surface area contributed by atoms with Crippen molar-refractivity contribution >= 4 is 25.6 Å². The van der Waals surface area contributed by atoms with Crippen molar-refractivity contribution < 1.29 is 0 Å². The number of hydrogen-bond donors (Lipinski definition) is 3. The van der Waals surface area contributed by atoms with Crippen molar-refractivity contribution in [2.24, 2.45) is 0 Å². The molecule has 0 aliphatic rings. The summed E-state index contributed by atoms with van der Waals surface area (Å²) in [7, 11) is 0. The van der Waals surface area contributed by atoms with E-state index < -0.39 is 0 Å². The van der Waals surface area contributed by atoms with Gasteiger partial charge in [0.25, 0.3) is 0 Å². The number of aromatic nitrogens is 1. The summed E-state index contributed by atoms with van der Waals surface area (Å²) in [5.41, 5.74) is 0. The summed E-state index contributed by atoms with van der Waals surface area (Å²) < 4.78 is 2.14. The molecule has 0 saturated carbocycles. The molecule has 1 N–H and O–H groups in total. The minimum Gasteiger partial charge on any atom is -0.265 e. The van der Waals surface area contributed by atoms with Gasteiger partial charge >= 0.3 is 0 Å². The first kappa shape index (κ1) is 8.81. The number of hydrogen-bond acceptors (Lipinski definition) is 4. The number of rotatable bonds is 0. The van der Waals surface area contributed by atoms with E-state index in [1.807, 2.05) is 18.2 Å². The molecule has 0 unspecified atom stereocenters. The molecule has 9 heavy (non-hydrogen) atoms. The Bertz CT molecular complexity index is 95.8. The second kappa shape index (κ2) is 7.81. The second-order valence-corrected chi connectivity index (χ2v) is 1.92. The van der Waals surface area contributed by atoms with E-state index in [1.54, 1.807) is 12.4 Å². The SMILES string of the molecule is SNS.c1ccncc1. The molecule has 0 radical (unpaired) electrons. The largest absolute Gasteiger partial charge is 0.265 e. The van der Waals surface area contributed by atoms with E-state index in [0.717, 1.165) is 0 Å². The van der Waals surface area contributed by atoms with Crippen molar-refractivity contribution in [1.82, 2.24) is 9.11 Å². The van der Waals surface area contributed by atoms with Crippen molar-refractivity contribution in [3.8, 4) is 0 Å². The highest BCUT2D eigenvalue weighted by Crippen LogP contribution is 1.73. The maximum atomic E-state index is 3.78. The van der Waals surface area contributed by atoms with Crippen molar-refractivity contribution in [3.05, 3.63) is 30.6 Å². The molecule has 0 saturated heterocycles. The molecular weight excluding hydrogens is 152 g/mol. The van der Waals surface area contributed by atoms with Gasteiger partial charge in [-0.3, -0.25) is 4.98 Å². The first-order chi connectivity index (χ1) is 4.41. The summed E-state index contributed by atoms with van der Waals surface area (Å²) in [5.74, 6) is 0. The Kier molecular flexibility index (Phi) is 7.65. The number of thiol groups is 2. The van der Waals surface area contributed by atoms with E-state index in [4.69, 9.17) is 0 Å². The molecule has 1 aromatic heterocycles. The molecule has 0 atom stereocenters. The van der Waals surface area contributed by atoms with Gasteiger partial charge in [0.15, 0.2) is 0 Å². The van der Waals surface area contributed by atoms with Gasteiger partial charge in [0.2, 0.25) is 0 Å². The summed E-state index contributed by atoms with van der Waals surface area (Å²) in [6.45, 7) is 0. The van der Waals surface area contributed by atoms with Gasteiger partial charge in [-0.25, -0.2) is 4.13 Å². The zero-order valence-corrected chi connectivity index (χ0v) is 6.52. The van der Waals surface area contributed by atoms with Gasteiger partial charge in [-0.1, -0.05) is 31.7 Å². The van der Waals surface area contributed by atoms with Gasteiger partial charge in [-0.2, -0.15) is 0 Å². The van der Waals surface area contributed by atoms with Crippen molar-refractivity contribution in [3.63, 3.8) is 0 Å². The fourth-order valence-corrected chi connectivity index (χ4v) is 0.313. The monoisotopic (exact) mass is 160 g/mol. The first-order valence-electron chi connectivity index (χ1n) is 2.30. The predicted molar refractivity (Wildman–Crippen MR) is 45.3 cm³/mol. The zero-order valence-electron chi connectivity index (χ0n) is 4.73. The van der Waals surface area contributed by atoms with Crippen molar-refractivity contribution in [2.45, 2.75) is 0 Å². The molecule has 2 nitrogen and oxygen atoms in total. The molecule has 0 aliphatic carbocycles. The standard InChI is InChI=1S/C5H5N.H3NS2/c1-2-4-6-5-3-1;2-1-3/h1-5H;1-3H. The zero-order chi connectivity index (χ0) is 6.95. The van der Waals surface area contributed by atoms with E-state index in [-0.39, 0.29) is 0 Å². The Morgan fingerprint density at radius 2 is 1.44 bits per heavy atom. The normalized spacial score (nSPS) is 7.33. The Balaban J connectivity index is 0.000000187. The molecule has 1 aromatic rings. The van der Waals surface area contributed by atoms with Crippen molar-refractivity contribution in [2.75, 3.05) is 0 Å². The molecule has 0 fully saturated rings. The number of pyridine rings is 1. The highest BCUT2D eigenvalue weighted by molar-refractivity contribution is 7.94. The molecule has 0 aliphatic heterocycles. The third-order valence-electron chi connectivity index (χ3n) is 0.566. The Morgan fingerprint density at radius 1 is 1.00 bits per heavy atom. The van der Waals surface area contributed by atoms with Crippen LogP contribution in [-0.4, -0.2) is 4.98 Å². The third kappa shape index (κ3) is 7.81. The van der Waals surface area contributed by atoms with Crippen LogP contribution in [0.25, 0.3) is 0 Å². The molecule has 0 amide bonds. The van der Waals surface area contributed by atoms with Crippen LogP contribution in [-0.2, 0) is 0 Å². The summed E-state index contributed by atoms with van der Waals surface area (Å²) >= 11 is 6.81. The average molecular weight is 160 g/mol. The molecule has 1 heterocycles. The maximum absolute atomic E-state index is 3.78. The van der Waals surface area contributed by atoms with Crippen LogP contribution in [0.15, 0.2) is 30.6 Å². The van der Waals surface area contributed by atoms with Crippen LogP contribution in [0, 0.1) is 0 Å². The Hall–Kier alpha value is -0.190. The molecule has 4 heteroatoms. The maximum Gasteiger partial charge on any atom is 0.0267 e.